The lowest BCUT2D eigenvalue weighted by molar-refractivity contribution is 0.252. The Morgan fingerprint density at radius 2 is 2.00 bits per heavy atom. The Morgan fingerprint density at radius 1 is 1.30 bits per heavy atom. The molecule has 0 fully saturated rings. The first-order valence-corrected chi connectivity index (χ1v) is 6.94. The normalized spacial score (nSPS) is 13.4. The third-order valence-corrected chi connectivity index (χ3v) is 2.98. The van der Waals surface area contributed by atoms with Crippen LogP contribution in [0.3, 0.4) is 0 Å². The average Bonchev–Trinajstić information content (AvgIpc) is 2.64. The molecular weight excluding hydrogens is 258 g/mol. The minimum absolute atomic E-state index is 0.264. The molecule has 6 nitrogen and oxygen atoms in total. The van der Waals surface area contributed by atoms with Crippen LogP contribution >= 0.6 is 0 Å². The zero-order chi connectivity index (χ0) is 14.4. The van der Waals surface area contributed by atoms with Gasteiger partial charge in [-0.2, -0.15) is 0 Å². The molecule has 1 aliphatic heterocycles. The van der Waals surface area contributed by atoms with E-state index in [-0.39, 0.29) is 6.03 Å². The molecule has 0 bridgehead atoms. The van der Waals surface area contributed by atoms with Gasteiger partial charge in [0.25, 0.3) is 0 Å². The number of benzene rings is 1. The van der Waals surface area contributed by atoms with Gasteiger partial charge in [0.05, 0.1) is 24.6 Å². The largest absolute Gasteiger partial charge is 0.489 e. The third-order valence-electron chi connectivity index (χ3n) is 2.98. The van der Waals surface area contributed by atoms with E-state index in [1.165, 1.54) is 0 Å². The first kappa shape index (κ1) is 14.3. The quantitative estimate of drug-likeness (QED) is 0.583. The fraction of sp³-hybridized carbons (Fsp3) is 0.500. The van der Waals surface area contributed by atoms with Crippen molar-refractivity contribution in [2.75, 3.05) is 30.8 Å². The molecule has 1 aliphatic rings. The number of amides is 2. The van der Waals surface area contributed by atoms with Crippen LogP contribution in [0.5, 0.6) is 11.5 Å². The minimum atomic E-state index is -0.264. The number of hydrogen-bond acceptors (Lipinski definition) is 4. The van der Waals surface area contributed by atoms with Gasteiger partial charge in [0, 0.05) is 25.1 Å². The molecule has 1 aromatic rings. The summed E-state index contributed by atoms with van der Waals surface area (Å²) < 4.78 is 11.1. The van der Waals surface area contributed by atoms with Crippen LogP contribution in [0.2, 0.25) is 0 Å². The van der Waals surface area contributed by atoms with Crippen LogP contribution < -0.4 is 25.8 Å². The molecule has 0 saturated carbocycles. The second-order valence-corrected chi connectivity index (χ2v) is 4.67. The summed E-state index contributed by atoms with van der Waals surface area (Å²) in [4.78, 5) is 11.7. The fourth-order valence-electron chi connectivity index (χ4n) is 1.88. The lowest BCUT2D eigenvalue weighted by Crippen LogP contribution is -2.29. The highest BCUT2D eigenvalue weighted by Crippen LogP contribution is 2.36. The molecule has 1 heterocycles. The van der Waals surface area contributed by atoms with Crippen molar-refractivity contribution < 1.29 is 14.3 Å². The number of nitrogens with one attached hydrogen (secondary N) is 2. The summed E-state index contributed by atoms with van der Waals surface area (Å²) in [6.45, 7) is 3.92. The Hall–Kier alpha value is -2.11. The summed E-state index contributed by atoms with van der Waals surface area (Å²) >= 11 is 0. The maximum absolute atomic E-state index is 11.7. The Balaban J connectivity index is 2.04. The highest BCUT2D eigenvalue weighted by Gasteiger charge is 2.14. The van der Waals surface area contributed by atoms with Crippen molar-refractivity contribution in [3.63, 3.8) is 0 Å². The number of rotatable bonds is 4. The molecule has 2 rings (SSSR count). The Labute approximate surface area is 118 Å². The van der Waals surface area contributed by atoms with Gasteiger partial charge in [-0.25, -0.2) is 4.79 Å². The number of nitrogens with two attached hydrogens (primary N) is 1. The maximum atomic E-state index is 11.7. The molecule has 0 aliphatic carbocycles. The van der Waals surface area contributed by atoms with E-state index >= 15 is 0 Å². The minimum Gasteiger partial charge on any atom is -0.489 e. The van der Waals surface area contributed by atoms with Crippen LogP contribution in [-0.4, -0.2) is 25.8 Å². The van der Waals surface area contributed by atoms with Crippen molar-refractivity contribution in [3.05, 3.63) is 12.1 Å². The van der Waals surface area contributed by atoms with E-state index in [0.717, 1.165) is 19.3 Å². The Morgan fingerprint density at radius 3 is 2.70 bits per heavy atom. The van der Waals surface area contributed by atoms with Gasteiger partial charge >= 0.3 is 6.03 Å². The maximum Gasteiger partial charge on any atom is 0.319 e. The molecule has 4 N–H and O–H groups in total. The monoisotopic (exact) mass is 279 g/mol. The summed E-state index contributed by atoms with van der Waals surface area (Å²) in [5, 5.41) is 5.50. The molecule has 6 heteroatoms. The number of hydrogen-bond donors (Lipinski definition) is 3. The van der Waals surface area contributed by atoms with Crippen molar-refractivity contribution in [2.45, 2.75) is 26.2 Å². The molecule has 0 unspecified atom stereocenters. The van der Waals surface area contributed by atoms with Crippen LogP contribution in [-0.2, 0) is 0 Å². The zero-order valence-corrected chi connectivity index (χ0v) is 11.7. The van der Waals surface area contributed by atoms with Crippen molar-refractivity contribution in [1.29, 1.82) is 0 Å². The SMILES string of the molecule is CCCCNC(=O)Nc1cc2c(cc1N)OCCCO2. The topological polar surface area (TPSA) is 85.6 Å². The number of urea groups is 1. The molecule has 110 valence electrons. The van der Waals surface area contributed by atoms with E-state index in [4.69, 9.17) is 15.2 Å². The smallest absolute Gasteiger partial charge is 0.319 e. The predicted molar refractivity (Wildman–Crippen MR) is 78.4 cm³/mol. The van der Waals surface area contributed by atoms with E-state index in [1.807, 2.05) is 0 Å². The number of ether oxygens (including phenoxy) is 2. The van der Waals surface area contributed by atoms with Crippen LogP contribution in [0.15, 0.2) is 12.1 Å². The molecule has 0 atom stereocenters. The Bertz CT molecular complexity index is 477. The summed E-state index contributed by atoms with van der Waals surface area (Å²) in [5.74, 6) is 1.23. The lowest BCUT2D eigenvalue weighted by Gasteiger charge is -2.13. The van der Waals surface area contributed by atoms with Gasteiger partial charge in [-0.05, 0) is 6.42 Å². The number of anilines is 2. The van der Waals surface area contributed by atoms with Crippen molar-refractivity contribution in [1.82, 2.24) is 5.32 Å². The molecule has 0 radical (unpaired) electrons. The summed E-state index contributed by atoms with van der Waals surface area (Å²) in [6.07, 6.45) is 2.81. The van der Waals surface area contributed by atoms with Crippen LogP contribution in [0, 0.1) is 0 Å². The summed E-state index contributed by atoms with van der Waals surface area (Å²) in [5.41, 5.74) is 6.91. The van der Waals surface area contributed by atoms with Gasteiger partial charge in [0.2, 0.25) is 0 Å². The third kappa shape index (κ3) is 3.69. The standard InChI is InChI=1S/C14H21N3O3/c1-2-3-5-16-14(18)17-11-9-13-12(8-10(11)15)19-6-4-7-20-13/h8-9H,2-7,15H2,1H3,(H2,16,17,18). The van der Waals surface area contributed by atoms with Crippen molar-refractivity contribution >= 4 is 17.4 Å². The van der Waals surface area contributed by atoms with Crippen molar-refractivity contribution in [3.8, 4) is 11.5 Å². The van der Waals surface area contributed by atoms with E-state index in [0.29, 0.717) is 42.6 Å². The van der Waals surface area contributed by atoms with E-state index in [1.54, 1.807) is 12.1 Å². The van der Waals surface area contributed by atoms with Crippen molar-refractivity contribution in [2.24, 2.45) is 0 Å². The number of carbonyl (C=O) groups excluding carboxylic acids is 1. The second kappa shape index (κ2) is 6.88. The second-order valence-electron chi connectivity index (χ2n) is 4.67. The predicted octanol–water partition coefficient (Wildman–Crippen LogP) is 2.35. The number of carbonyl (C=O) groups is 1. The first-order valence-electron chi connectivity index (χ1n) is 6.94. The molecule has 0 saturated heterocycles. The average molecular weight is 279 g/mol. The van der Waals surface area contributed by atoms with Crippen LogP contribution in [0.4, 0.5) is 16.2 Å². The summed E-state index contributed by atoms with van der Waals surface area (Å²) in [7, 11) is 0. The van der Waals surface area contributed by atoms with Crippen LogP contribution in [0.1, 0.15) is 26.2 Å². The highest BCUT2D eigenvalue weighted by molar-refractivity contribution is 5.93. The fourth-order valence-corrected chi connectivity index (χ4v) is 1.88. The number of fused-ring (bicyclic) bond motifs is 1. The molecule has 2 amide bonds. The number of unbranched alkanes of at least 4 members (excludes halogenated alkanes) is 1. The molecule has 20 heavy (non-hydrogen) atoms. The van der Waals surface area contributed by atoms with Gasteiger partial charge in [-0.3, -0.25) is 0 Å². The molecular formula is C14H21N3O3. The first-order chi connectivity index (χ1) is 9.70. The van der Waals surface area contributed by atoms with Gasteiger partial charge in [-0.15, -0.1) is 0 Å². The van der Waals surface area contributed by atoms with E-state index in [9.17, 15) is 4.79 Å². The van der Waals surface area contributed by atoms with Crippen LogP contribution in [0.25, 0.3) is 0 Å². The molecule has 0 spiro atoms. The summed E-state index contributed by atoms with van der Waals surface area (Å²) in [6, 6.07) is 3.12. The van der Waals surface area contributed by atoms with Gasteiger partial charge in [0.15, 0.2) is 11.5 Å². The van der Waals surface area contributed by atoms with Gasteiger partial charge in [-0.1, -0.05) is 13.3 Å². The molecule has 1 aromatic carbocycles. The van der Waals surface area contributed by atoms with E-state index < -0.39 is 0 Å². The highest BCUT2D eigenvalue weighted by atomic mass is 16.5. The van der Waals surface area contributed by atoms with E-state index in [2.05, 4.69) is 17.6 Å². The lowest BCUT2D eigenvalue weighted by atomic mass is 10.2. The zero-order valence-electron chi connectivity index (χ0n) is 11.7. The Kier molecular flexibility index (Phi) is 4.92. The van der Waals surface area contributed by atoms with Gasteiger partial charge < -0.3 is 25.8 Å². The number of nitrogen functional groups attached to an aromatic ring is 1. The van der Waals surface area contributed by atoms with Gasteiger partial charge in [0.1, 0.15) is 0 Å². The molecule has 0 aromatic heterocycles.